The number of aromatic nitrogens is 1. The van der Waals surface area contributed by atoms with Crippen LogP contribution < -0.4 is 10.0 Å². The third kappa shape index (κ3) is 4.81. The summed E-state index contributed by atoms with van der Waals surface area (Å²) in [6.07, 6.45) is 1.41. The van der Waals surface area contributed by atoms with E-state index in [0.717, 1.165) is 0 Å². The Hall–Kier alpha value is -2.61. The summed E-state index contributed by atoms with van der Waals surface area (Å²) in [7, 11) is -3.88. The lowest BCUT2D eigenvalue weighted by Gasteiger charge is -2.13. The molecule has 144 valence electrons. The van der Waals surface area contributed by atoms with Crippen molar-refractivity contribution >= 4 is 50.5 Å². The number of halogens is 2. The van der Waals surface area contributed by atoms with E-state index in [9.17, 15) is 13.2 Å². The molecule has 0 saturated heterocycles. The smallest absolute Gasteiger partial charge is 0.262 e. The van der Waals surface area contributed by atoms with Crippen LogP contribution in [0.2, 0.25) is 10.2 Å². The Morgan fingerprint density at radius 1 is 1.00 bits per heavy atom. The maximum Gasteiger partial charge on any atom is 0.262 e. The maximum absolute atomic E-state index is 12.8. The van der Waals surface area contributed by atoms with Crippen molar-refractivity contribution < 1.29 is 13.2 Å². The highest BCUT2D eigenvalue weighted by molar-refractivity contribution is 7.92. The molecule has 0 fully saturated rings. The Morgan fingerprint density at radius 2 is 1.79 bits per heavy atom. The van der Waals surface area contributed by atoms with Gasteiger partial charge in [0.05, 0.1) is 10.6 Å². The Morgan fingerprint density at radius 3 is 2.50 bits per heavy atom. The monoisotopic (exact) mass is 435 g/mol. The Labute approximate surface area is 172 Å². The van der Waals surface area contributed by atoms with Crippen molar-refractivity contribution in [2.45, 2.75) is 11.8 Å². The number of hydrogen-bond donors (Lipinski definition) is 2. The third-order valence-electron chi connectivity index (χ3n) is 3.80. The van der Waals surface area contributed by atoms with Crippen LogP contribution in [-0.4, -0.2) is 19.3 Å². The van der Waals surface area contributed by atoms with E-state index in [1.54, 1.807) is 37.3 Å². The minimum atomic E-state index is -3.88. The van der Waals surface area contributed by atoms with Crippen molar-refractivity contribution in [2.75, 3.05) is 10.0 Å². The molecule has 1 amide bonds. The summed E-state index contributed by atoms with van der Waals surface area (Å²) in [5, 5.41) is 3.26. The van der Waals surface area contributed by atoms with Gasteiger partial charge in [-0.1, -0.05) is 35.3 Å². The van der Waals surface area contributed by atoms with E-state index < -0.39 is 15.9 Å². The highest BCUT2D eigenvalue weighted by Gasteiger charge is 2.18. The predicted molar refractivity (Wildman–Crippen MR) is 111 cm³/mol. The fourth-order valence-electron chi connectivity index (χ4n) is 2.48. The molecule has 9 heteroatoms. The van der Waals surface area contributed by atoms with Gasteiger partial charge in [0, 0.05) is 22.5 Å². The normalized spacial score (nSPS) is 11.1. The van der Waals surface area contributed by atoms with Gasteiger partial charge in [-0.25, -0.2) is 13.4 Å². The summed E-state index contributed by atoms with van der Waals surface area (Å²) in [5.74, 6) is -0.431. The van der Waals surface area contributed by atoms with E-state index in [1.165, 1.54) is 30.5 Å². The van der Waals surface area contributed by atoms with Crippen LogP contribution in [0.15, 0.2) is 65.7 Å². The maximum atomic E-state index is 12.8. The summed E-state index contributed by atoms with van der Waals surface area (Å²) >= 11 is 11.7. The average molecular weight is 436 g/mol. The lowest BCUT2D eigenvalue weighted by atomic mass is 10.2. The number of benzene rings is 2. The largest absolute Gasteiger partial charge is 0.322 e. The number of nitrogens with one attached hydrogen (secondary N) is 2. The van der Waals surface area contributed by atoms with Crippen molar-refractivity contribution in [3.63, 3.8) is 0 Å². The molecule has 0 radical (unpaired) electrons. The highest BCUT2D eigenvalue weighted by Crippen LogP contribution is 2.24. The zero-order chi connectivity index (χ0) is 20.3. The Bertz CT molecular complexity index is 1150. The van der Waals surface area contributed by atoms with Gasteiger partial charge in [0.1, 0.15) is 5.15 Å². The van der Waals surface area contributed by atoms with Crippen LogP contribution in [0.3, 0.4) is 0 Å². The quantitative estimate of drug-likeness (QED) is 0.565. The van der Waals surface area contributed by atoms with Gasteiger partial charge in [0.2, 0.25) is 0 Å². The topological polar surface area (TPSA) is 88.2 Å². The molecule has 0 saturated carbocycles. The van der Waals surface area contributed by atoms with Crippen molar-refractivity contribution in [1.29, 1.82) is 0 Å². The van der Waals surface area contributed by atoms with Gasteiger partial charge in [0.25, 0.3) is 15.9 Å². The molecule has 28 heavy (non-hydrogen) atoms. The molecule has 3 rings (SSSR count). The molecule has 0 atom stereocenters. The number of hydrogen-bond acceptors (Lipinski definition) is 4. The SMILES string of the molecule is Cc1ccc(NC(=O)c2ccnc(Cl)c2)cc1S(=O)(=O)Nc1cccc(Cl)c1. The van der Waals surface area contributed by atoms with Crippen LogP contribution in [0.25, 0.3) is 0 Å². The van der Waals surface area contributed by atoms with Gasteiger partial charge in [-0.2, -0.15) is 0 Å². The molecule has 0 spiro atoms. The second-order valence-corrected chi connectivity index (χ2v) is 8.39. The third-order valence-corrected chi connectivity index (χ3v) is 5.77. The molecular weight excluding hydrogens is 421 g/mol. The van der Waals surface area contributed by atoms with Crippen molar-refractivity contribution in [3.8, 4) is 0 Å². The van der Waals surface area contributed by atoms with E-state index in [1.807, 2.05) is 0 Å². The number of nitrogens with zero attached hydrogens (tertiary/aromatic N) is 1. The summed E-state index contributed by atoms with van der Waals surface area (Å²) in [5.41, 5.74) is 1.50. The van der Waals surface area contributed by atoms with E-state index >= 15 is 0 Å². The summed E-state index contributed by atoms with van der Waals surface area (Å²) in [4.78, 5) is 16.2. The fourth-order valence-corrected chi connectivity index (χ4v) is 4.16. The molecule has 3 aromatic rings. The first kappa shape index (κ1) is 20.1. The molecule has 0 aliphatic rings. The van der Waals surface area contributed by atoms with Gasteiger partial charge >= 0.3 is 0 Å². The van der Waals surface area contributed by atoms with Crippen LogP contribution in [0.4, 0.5) is 11.4 Å². The van der Waals surface area contributed by atoms with Crippen LogP contribution in [0.5, 0.6) is 0 Å². The van der Waals surface area contributed by atoms with E-state index in [2.05, 4.69) is 15.0 Å². The van der Waals surface area contributed by atoms with Crippen molar-refractivity contribution in [2.24, 2.45) is 0 Å². The van der Waals surface area contributed by atoms with E-state index in [-0.39, 0.29) is 10.0 Å². The lowest BCUT2D eigenvalue weighted by Crippen LogP contribution is -2.16. The van der Waals surface area contributed by atoms with Crippen LogP contribution >= 0.6 is 23.2 Å². The molecule has 6 nitrogen and oxygen atoms in total. The molecule has 0 unspecified atom stereocenters. The van der Waals surface area contributed by atoms with Crippen LogP contribution in [0.1, 0.15) is 15.9 Å². The minimum Gasteiger partial charge on any atom is -0.322 e. The number of amides is 1. The molecule has 1 aromatic heterocycles. The van der Waals surface area contributed by atoms with E-state index in [0.29, 0.717) is 27.5 Å². The predicted octanol–water partition coefficient (Wildman–Crippen LogP) is 4.75. The second kappa shape index (κ2) is 8.18. The van der Waals surface area contributed by atoms with Crippen molar-refractivity contribution in [1.82, 2.24) is 4.98 Å². The van der Waals surface area contributed by atoms with Gasteiger partial charge in [-0.3, -0.25) is 9.52 Å². The number of carbonyl (C=O) groups excluding carboxylic acids is 1. The number of carbonyl (C=O) groups is 1. The molecule has 2 N–H and O–H groups in total. The van der Waals surface area contributed by atoms with Crippen LogP contribution in [-0.2, 0) is 10.0 Å². The Kier molecular flexibility index (Phi) is 5.88. The zero-order valence-corrected chi connectivity index (χ0v) is 16.9. The summed E-state index contributed by atoms with van der Waals surface area (Å²) in [6.45, 7) is 1.67. The summed E-state index contributed by atoms with van der Waals surface area (Å²) in [6, 6.07) is 13.9. The first-order chi connectivity index (χ1) is 13.2. The number of anilines is 2. The Balaban J connectivity index is 1.87. The lowest BCUT2D eigenvalue weighted by molar-refractivity contribution is 0.102. The molecule has 0 bridgehead atoms. The first-order valence-electron chi connectivity index (χ1n) is 8.06. The van der Waals surface area contributed by atoms with Gasteiger partial charge < -0.3 is 5.32 Å². The first-order valence-corrected chi connectivity index (χ1v) is 10.3. The molecule has 0 aliphatic heterocycles. The molecule has 0 aliphatic carbocycles. The summed E-state index contributed by atoms with van der Waals surface area (Å²) < 4.78 is 28.1. The van der Waals surface area contributed by atoms with Gasteiger partial charge in [-0.05, 0) is 55.0 Å². The standard InChI is InChI=1S/C19H15Cl2N3O3S/c1-12-5-6-15(23-19(25)13-7-8-22-18(21)9-13)11-17(12)28(26,27)24-16-4-2-3-14(20)10-16/h2-11,24H,1H3,(H,23,25). The average Bonchev–Trinajstić information content (AvgIpc) is 2.63. The van der Waals surface area contributed by atoms with Crippen molar-refractivity contribution in [3.05, 3.63) is 82.1 Å². The molecule has 1 heterocycles. The highest BCUT2D eigenvalue weighted by atomic mass is 35.5. The van der Waals surface area contributed by atoms with Crippen LogP contribution in [0, 0.1) is 6.92 Å². The minimum absolute atomic E-state index is 0.0398. The van der Waals surface area contributed by atoms with Gasteiger partial charge in [-0.15, -0.1) is 0 Å². The number of sulfonamides is 1. The second-order valence-electron chi connectivity index (χ2n) is 5.92. The van der Waals surface area contributed by atoms with Gasteiger partial charge in [0.15, 0.2) is 0 Å². The number of rotatable bonds is 5. The fraction of sp³-hybridized carbons (Fsp3) is 0.0526. The number of aryl methyl sites for hydroxylation is 1. The zero-order valence-electron chi connectivity index (χ0n) is 14.6. The molecule has 2 aromatic carbocycles. The molecular formula is C19H15Cl2N3O3S. The number of pyridine rings is 1. The van der Waals surface area contributed by atoms with E-state index in [4.69, 9.17) is 23.2 Å².